The Morgan fingerprint density at radius 2 is 0.810 bits per heavy atom. The zero-order valence-electron chi connectivity index (χ0n) is 23.6. The molecule has 0 aliphatic carbocycles. The number of allylic oxidation sites excluding steroid dienone is 2. The van der Waals surface area contributed by atoms with Crippen molar-refractivity contribution in [1.82, 2.24) is 10.9 Å². The number of benzene rings is 4. The van der Waals surface area contributed by atoms with E-state index >= 15 is 0 Å². The van der Waals surface area contributed by atoms with Crippen molar-refractivity contribution in [2.75, 3.05) is 10.6 Å². The predicted molar refractivity (Wildman–Crippen MR) is 174 cm³/mol. The van der Waals surface area contributed by atoms with Crippen LogP contribution in [0.3, 0.4) is 0 Å². The Balaban J connectivity index is 0.000000230. The van der Waals surface area contributed by atoms with Gasteiger partial charge in [-0.25, -0.2) is 20.4 Å². The van der Waals surface area contributed by atoms with Gasteiger partial charge in [-0.3, -0.25) is 0 Å². The molecule has 0 bridgehead atoms. The van der Waals surface area contributed by atoms with Gasteiger partial charge in [0.1, 0.15) is 0 Å². The number of anilines is 2. The SMILES string of the molecule is CC(/C=N/NC(=O)Nc1ccccc1)=C\c1ccccc1.CC(/C=N/NC(=O)Nc1ccccc1)=C\c1ccccc1. The Morgan fingerprint density at radius 1 is 0.500 bits per heavy atom. The van der Waals surface area contributed by atoms with E-state index in [1.54, 1.807) is 12.4 Å². The zero-order valence-corrected chi connectivity index (χ0v) is 23.6. The quantitative estimate of drug-likeness (QED) is 0.131. The van der Waals surface area contributed by atoms with Crippen molar-refractivity contribution in [3.05, 3.63) is 144 Å². The Morgan fingerprint density at radius 3 is 1.14 bits per heavy atom. The first kappa shape index (κ1) is 30.8. The molecule has 4 amide bonds. The number of nitrogens with zero attached hydrogens (tertiary/aromatic N) is 2. The van der Waals surface area contributed by atoms with Gasteiger partial charge in [0, 0.05) is 11.4 Å². The summed E-state index contributed by atoms with van der Waals surface area (Å²) in [5.41, 5.74) is 10.4. The van der Waals surface area contributed by atoms with Crippen LogP contribution in [-0.4, -0.2) is 24.5 Å². The van der Waals surface area contributed by atoms with Gasteiger partial charge < -0.3 is 10.6 Å². The maximum Gasteiger partial charge on any atom is 0.339 e. The molecule has 42 heavy (non-hydrogen) atoms. The first-order valence-corrected chi connectivity index (χ1v) is 13.2. The van der Waals surface area contributed by atoms with E-state index in [1.165, 1.54) is 0 Å². The van der Waals surface area contributed by atoms with E-state index in [-0.39, 0.29) is 12.1 Å². The molecule has 0 atom stereocenters. The van der Waals surface area contributed by atoms with Gasteiger partial charge in [-0.2, -0.15) is 10.2 Å². The van der Waals surface area contributed by atoms with Crippen LogP contribution < -0.4 is 21.5 Å². The predicted octanol–water partition coefficient (Wildman–Crippen LogP) is 7.79. The Bertz CT molecular complexity index is 1380. The Labute approximate surface area is 246 Å². The van der Waals surface area contributed by atoms with Crippen molar-refractivity contribution in [3.63, 3.8) is 0 Å². The fourth-order valence-corrected chi connectivity index (χ4v) is 3.45. The standard InChI is InChI=1S/2C17H17N3O/c2*1-14(12-15-8-4-2-5-9-15)13-18-20-17(21)19-16-10-6-3-7-11-16/h2*2-13H,1H3,(H2,19,20,21)/b2*14-12+,18-13+. The van der Waals surface area contributed by atoms with E-state index in [4.69, 9.17) is 0 Å². The summed E-state index contributed by atoms with van der Waals surface area (Å²) in [7, 11) is 0. The molecule has 8 heteroatoms. The summed E-state index contributed by atoms with van der Waals surface area (Å²) >= 11 is 0. The van der Waals surface area contributed by atoms with Gasteiger partial charge in [0.15, 0.2) is 0 Å². The highest BCUT2D eigenvalue weighted by Crippen LogP contribution is 2.07. The number of urea groups is 2. The normalized spacial score (nSPS) is 11.4. The maximum absolute atomic E-state index is 11.6. The van der Waals surface area contributed by atoms with Gasteiger partial charge in [-0.15, -0.1) is 0 Å². The third kappa shape index (κ3) is 12.9. The molecule has 4 aromatic carbocycles. The molecule has 8 nitrogen and oxygen atoms in total. The van der Waals surface area contributed by atoms with Crippen molar-refractivity contribution < 1.29 is 9.59 Å². The molecule has 212 valence electrons. The summed E-state index contributed by atoms with van der Waals surface area (Å²) < 4.78 is 0. The molecule has 0 aromatic heterocycles. The van der Waals surface area contributed by atoms with Gasteiger partial charge in [-0.1, -0.05) is 109 Å². The molecular formula is C34H34N6O2. The highest BCUT2D eigenvalue weighted by molar-refractivity contribution is 5.92. The third-order valence-electron chi connectivity index (χ3n) is 5.32. The van der Waals surface area contributed by atoms with Crippen LogP contribution in [0.1, 0.15) is 25.0 Å². The van der Waals surface area contributed by atoms with Gasteiger partial charge in [0.2, 0.25) is 0 Å². The molecule has 4 aromatic rings. The van der Waals surface area contributed by atoms with E-state index in [2.05, 4.69) is 31.7 Å². The molecule has 0 saturated carbocycles. The van der Waals surface area contributed by atoms with Crippen LogP contribution >= 0.6 is 0 Å². The van der Waals surface area contributed by atoms with Crippen LogP contribution in [0, 0.1) is 0 Å². The largest absolute Gasteiger partial charge is 0.339 e. The van der Waals surface area contributed by atoms with Gasteiger partial charge in [0.05, 0.1) is 12.4 Å². The fourth-order valence-electron chi connectivity index (χ4n) is 3.45. The molecule has 4 N–H and O–H groups in total. The molecule has 0 spiro atoms. The third-order valence-corrected chi connectivity index (χ3v) is 5.32. The second kappa shape index (κ2) is 17.8. The first-order valence-electron chi connectivity index (χ1n) is 13.2. The van der Waals surface area contributed by atoms with E-state index in [1.807, 2.05) is 147 Å². The molecule has 0 aliphatic rings. The van der Waals surface area contributed by atoms with Gasteiger partial charge in [0.25, 0.3) is 0 Å². The van der Waals surface area contributed by atoms with Crippen molar-refractivity contribution in [2.45, 2.75) is 13.8 Å². The number of carbonyl (C=O) groups is 2. The topological polar surface area (TPSA) is 107 Å². The Hall–Kier alpha value is -5.76. The van der Waals surface area contributed by atoms with Crippen molar-refractivity contribution in [3.8, 4) is 0 Å². The number of rotatable bonds is 8. The number of nitrogens with one attached hydrogen (secondary N) is 4. The minimum absolute atomic E-state index is 0.370. The minimum Gasteiger partial charge on any atom is -0.307 e. The molecule has 0 fully saturated rings. The van der Waals surface area contributed by atoms with E-state index in [0.29, 0.717) is 0 Å². The zero-order chi connectivity index (χ0) is 29.8. The number of para-hydroxylation sites is 2. The first-order chi connectivity index (χ1) is 20.5. The van der Waals surface area contributed by atoms with Gasteiger partial charge in [-0.05, 0) is 60.4 Å². The second-order valence-corrected chi connectivity index (χ2v) is 8.98. The van der Waals surface area contributed by atoms with Crippen molar-refractivity contribution >= 4 is 48.0 Å². The van der Waals surface area contributed by atoms with Crippen LogP contribution in [-0.2, 0) is 0 Å². The van der Waals surface area contributed by atoms with Crippen LogP contribution in [0.25, 0.3) is 12.2 Å². The van der Waals surface area contributed by atoms with Crippen LogP contribution in [0.4, 0.5) is 21.0 Å². The maximum atomic E-state index is 11.6. The average Bonchev–Trinajstić information content (AvgIpc) is 2.99. The molecule has 0 radical (unpaired) electrons. The number of carbonyl (C=O) groups excluding carboxylic acids is 2. The Kier molecular flexibility index (Phi) is 13.0. The monoisotopic (exact) mass is 558 g/mol. The summed E-state index contributed by atoms with van der Waals surface area (Å²) in [6.45, 7) is 3.85. The molecule has 0 unspecified atom stereocenters. The molecule has 0 aliphatic heterocycles. The van der Waals surface area contributed by atoms with Crippen LogP contribution in [0.15, 0.2) is 143 Å². The number of hydrogen-bond donors (Lipinski definition) is 4. The number of hydrazone groups is 2. The minimum atomic E-state index is -0.370. The van der Waals surface area contributed by atoms with Crippen LogP contribution in [0.5, 0.6) is 0 Å². The van der Waals surface area contributed by atoms with Gasteiger partial charge >= 0.3 is 12.1 Å². The molecular weight excluding hydrogens is 524 g/mol. The van der Waals surface area contributed by atoms with E-state index in [0.717, 1.165) is 33.6 Å². The number of amides is 4. The number of hydrogen-bond acceptors (Lipinski definition) is 4. The average molecular weight is 559 g/mol. The summed E-state index contributed by atoms with van der Waals surface area (Å²) in [5, 5.41) is 13.2. The smallest absolute Gasteiger partial charge is 0.307 e. The lowest BCUT2D eigenvalue weighted by Crippen LogP contribution is -2.24. The van der Waals surface area contributed by atoms with Crippen molar-refractivity contribution in [2.24, 2.45) is 10.2 Å². The summed E-state index contributed by atoms with van der Waals surface area (Å²) in [6, 6.07) is 37.5. The lowest BCUT2D eigenvalue weighted by Gasteiger charge is -2.03. The highest BCUT2D eigenvalue weighted by Gasteiger charge is 1.99. The molecule has 0 saturated heterocycles. The summed E-state index contributed by atoms with van der Waals surface area (Å²) in [5.74, 6) is 0. The highest BCUT2D eigenvalue weighted by atomic mass is 16.2. The lowest BCUT2D eigenvalue weighted by atomic mass is 10.1. The fraction of sp³-hybridized carbons (Fsp3) is 0.0588. The molecule has 0 heterocycles. The van der Waals surface area contributed by atoms with Crippen molar-refractivity contribution in [1.29, 1.82) is 0 Å². The summed E-state index contributed by atoms with van der Waals surface area (Å²) in [6.07, 6.45) is 7.19. The second-order valence-electron chi connectivity index (χ2n) is 8.98. The summed E-state index contributed by atoms with van der Waals surface area (Å²) in [4.78, 5) is 23.2. The lowest BCUT2D eigenvalue weighted by molar-refractivity contribution is 0.251. The van der Waals surface area contributed by atoms with Crippen LogP contribution in [0.2, 0.25) is 0 Å². The van der Waals surface area contributed by atoms with E-state index < -0.39 is 0 Å². The van der Waals surface area contributed by atoms with E-state index in [9.17, 15) is 9.59 Å². The molecule has 4 rings (SSSR count).